The maximum Gasteiger partial charge on any atom is 0.265 e. The van der Waals surface area contributed by atoms with Crippen molar-refractivity contribution in [1.29, 1.82) is 0 Å². The molecule has 2 heterocycles. The second-order valence-electron chi connectivity index (χ2n) is 6.13. The number of hydrogen-bond donors (Lipinski definition) is 3. The first-order valence-corrected chi connectivity index (χ1v) is 10.9. The Labute approximate surface area is 168 Å². The second-order valence-corrected chi connectivity index (χ2v) is 9.13. The van der Waals surface area contributed by atoms with E-state index in [-0.39, 0.29) is 36.4 Å². The smallest absolute Gasteiger partial charge is 0.265 e. The van der Waals surface area contributed by atoms with Crippen LogP contribution in [0.1, 0.15) is 25.7 Å². The van der Waals surface area contributed by atoms with E-state index in [4.69, 9.17) is 0 Å². The lowest BCUT2D eigenvalue weighted by molar-refractivity contribution is 0.103. The van der Waals surface area contributed by atoms with Crippen molar-refractivity contribution in [1.82, 2.24) is 10.0 Å². The van der Waals surface area contributed by atoms with Crippen LogP contribution in [-0.2, 0) is 29.4 Å². The van der Waals surface area contributed by atoms with E-state index in [0.717, 1.165) is 23.2 Å². The highest BCUT2D eigenvalue weighted by molar-refractivity contribution is 7.88. The molecule has 27 heavy (non-hydrogen) atoms. The van der Waals surface area contributed by atoms with Crippen molar-refractivity contribution in [2.45, 2.75) is 19.4 Å². The van der Waals surface area contributed by atoms with Crippen molar-refractivity contribution in [3.8, 4) is 0 Å². The minimum atomic E-state index is -3.23. The average molecular weight is 434 g/mol. The molecule has 0 radical (unpaired) electrons. The lowest BCUT2D eigenvalue weighted by Gasteiger charge is -2.19. The topological polar surface area (TPSA) is 87.3 Å². The number of hydrogen-bond acceptors (Lipinski definition) is 5. The van der Waals surface area contributed by atoms with Crippen LogP contribution in [0.5, 0.6) is 0 Å². The minimum absolute atomic E-state index is 0. The molecule has 0 saturated carbocycles. The number of carbonyl (C=O) groups is 1. The predicted octanol–water partition coefficient (Wildman–Crippen LogP) is 2.30. The first-order chi connectivity index (χ1) is 12.3. The van der Waals surface area contributed by atoms with Gasteiger partial charge in [0.1, 0.15) is 5.82 Å². The van der Waals surface area contributed by atoms with Gasteiger partial charge in [-0.1, -0.05) is 6.07 Å². The Morgan fingerprint density at radius 2 is 2.07 bits per heavy atom. The van der Waals surface area contributed by atoms with Gasteiger partial charge in [0.2, 0.25) is 10.0 Å². The van der Waals surface area contributed by atoms with Crippen LogP contribution in [0.3, 0.4) is 0 Å². The van der Waals surface area contributed by atoms with Crippen molar-refractivity contribution < 1.29 is 17.6 Å². The molecule has 3 rings (SSSR count). The highest BCUT2D eigenvalue weighted by Crippen LogP contribution is 2.26. The standard InChI is InChI=1S/C17H20FN3O3S2.ClH/c1-26(23,24)20-9-6-12-3-5-15(25-12)17(22)21-14-4-2-11-10-19-8-7-13(11)16(14)18;/h2-5,19-20H,6-10H2,1H3,(H,21,22);1H. The first-order valence-electron chi connectivity index (χ1n) is 8.19. The van der Waals surface area contributed by atoms with Gasteiger partial charge in [-0.25, -0.2) is 17.5 Å². The quantitative estimate of drug-likeness (QED) is 0.652. The summed E-state index contributed by atoms with van der Waals surface area (Å²) in [6.07, 6.45) is 2.19. The Hall–Kier alpha value is -1.52. The highest BCUT2D eigenvalue weighted by Gasteiger charge is 2.18. The third-order valence-corrected chi connectivity index (χ3v) is 5.95. The summed E-state index contributed by atoms with van der Waals surface area (Å²) in [5, 5.41) is 5.82. The molecule has 1 aliphatic rings. The van der Waals surface area contributed by atoms with Crippen LogP contribution in [0.15, 0.2) is 24.3 Å². The molecule has 0 fully saturated rings. The van der Waals surface area contributed by atoms with Crippen molar-refractivity contribution in [3.63, 3.8) is 0 Å². The number of halogens is 2. The summed E-state index contributed by atoms with van der Waals surface area (Å²) < 4.78 is 39.1. The lowest BCUT2D eigenvalue weighted by atomic mass is 9.99. The summed E-state index contributed by atoms with van der Waals surface area (Å²) in [6.45, 7) is 1.63. The molecule has 2 aromatic rings. The van der Waals surface area contributed by atoms with Crippen LogP contribution < -0.4 is 15.4 Å². The van der Waals surface area contributed by atoms with E-state index in [9.17, 15) is 17.6 Å². The Bertz CT molecular complexity index is 932. The largest absolute Gasteiger partial charge is 0.319 e. The Balaban J connectivity index is 0.00000261. The maximum atomic E-state index is 14.6. The van der Waals surface area contributed by atoms with Crippen LogP contribution >= 0.6 is 23.7 Å². The lowest BCUT2D eigenvalue weighted by Crippen LogP contribution is -2.25. The molecule has 1 aromatic heterocycles. The van der Waals surface area contributed by atoms with Crippen LogP contribution in [0.25, 0.3) is 0 Å². The third kappa shape index (κ3) is 5.73. The van der Waals surface area contributed by atoms with Gasteiger partial charge in [-0.2, -0.15) is 0 Å². The fourth-order valence-corrected chi connectivity index (χ4v) is 4.18. The summed E-state index contributed by atoms with van der Waals surface area (Å²) in [5.74, 6) is -0.739. The fourth-order valence-electron chi connectivity index (χ4n) is 2.81. The zero-order valence-corrected chi connectivity index (χ0v) is 17.1. The Morgan fingerprint density at radius 1 is 1.30 bits per heavy atom. The van der Waals surface area contributed by atoms with E-state index in [1.807, 2.05) is 6.07 Å². The van der Waals surface area contributed by atoms with Gasteiger partial charge in [0.25, 0.3) is 5.91 Å². The monoisotopic (exact) mass is 433 g/mol. The van der Waals surface area contributed by atoms with E-state index in [1.165, 1.54) is 11.3 Å². The molecular formula is C17H21ClFN3O3S2. The molecule has 1 aromatic carbocycles. The van der Waals surface area contributed by atoms with E-state index in [2.05, 4.69) is 15.4 Å². The number of nitrogens with one attached hydrogen (secondary N) is 3. The molecule has 0 bridgehead atoms. The first kappa shape index (κ1) is 21.8. The summed E-state index contributed by atoms with van der Waals surface area (Å²) in [7, 11) is -3.23. The molecule has 6 nitrogen and oxygen atoms in total. The third-order valence-electron chi connectivity index (χ3n) is 4.08. The highest BCUT2D eigenvalue weighted by atomic mass is 35.5. The second kappa shape index (κ2) is 9.11. The number of amides is 1. The van der Waals surface area contributed by atoms with E-state index in [1.54, 1.807) is 18.2 Å². The number of thiophene rings is 1. The van der Waals surface area contributed by atoms with Crippen LogP contribution in [0.4, 0.5) is 10.1 Å². The molecule has 1 amide bonds. The van der Waals surface area contributed by atoms with Crippen LogP contribution in [0, 0.1) is 5.82 Å². The van der Waals surface area contributed by atoms with E-state index >= 15 is 0 Å². The van der Waals surface area contributed by atoms with Crippen molar-refractivity contribution >= 4 is 45.4 Å². The van der Waals surface area contributed by atoms with Crippen LogP contribution in [-0.4, -0.2) is 33.7 Å². The molecule has 148 valence electrons. The number of carbonyl (C=O) groups excluding carboxylic acids is 1. The number of sulfonamides is 1. The summed E-state index contributed by atoms with van der Waals surface area (Å²) >= 11 is 1.27. The molecule has 0 saturated heterocycles. The fraction of sp³-hybridized carbons (Fsp3) is 0.353. The Morgan fingerprint density at radius 3 is 2.81 bits per heavy atom. The Kier molecular flexibility index (Phi) is 7.35. The molecule has 0 spiro atoms. The normalized spacial score (nSPS) is 13.6. The summed E-state index contributed by atoms with van der Waals surface area (Å²) in [4.78, 5) is 13.7. The zero-order chi connectivity index (χ0) is 18.7. The molecular weight excluding hydrogens is 413 g/mol. The molecule has 0 aliphatic carbocycles. The summed E-state index contributed by atoms with van der Waals surface area (Å²) in [6, 6.07) is 6.86. The van der Waals surface area contributed by atoms with Gasteiger partial charge in [-0.15, -0.1) is 23.7 Å². The minimum Gasteiger partial charge on any atom is -0.319 e. The van der Waals surface area contributed by atoms with Gasteiger partial charge >= 0.3 is 0 Å². The van der Waals surface area contributed by atoms with Gasteiger partial charge in [0.15, 0.2) is 0 Å². The SMILES string of the molecule is CS(=O)(=O)NCCc1ccc(C(=O)Nc2ccc3c(c2F)CCNC3)s1.Cl. The van der Waals surface area contributed by atoms with Crippen LogP contribution in [0.2, 0.25) is 0 Å². The zero-order valence-electron chi connectivity index (χ0n) is 14.7. The molecule has 0 atom stereocenters. The average Bonchev–Trinajstić information content (AvgIpc) is 3.05. The maximum absolute atomic E-state index is 14.6. The van der Waals surface area contributed by atoms with Gasteiger partial charge in [-0.05, 0) is 48.7 Å². The number of rotatable bonds is 6. The van der Waals surface area contributed by atoms with Crippen molar-refractivity contribution in [2.24, 2.45) is 0 Å². The molecule has 3 N–H and O–H groups in total. The van der Waals surface area contributed by atoms with Gasteiger partial charge in [0, 0.05) is 18.0 Å². The summed E-state index contributed by atoms with van der Waals surface area (Å²) in [5.41, 5.74) is 1.76. The number of benzene rings is 1. The molecule has 1 aliphatic heterocycles. The van der Waals surface area contributed by atoms with Gasteiger partial charge in [-0.3, -0.25) is 4.79 Å². The van der Waals surface area contributed by atoms with E-state index in [0.29, 0.717) is 29.8 Å². The van der Waals surface area contributed by atoms with E-state index < -0.39 is 10.0 Å². The molecule has 10 heteroatoms. The van der Waals surface area contributed by atoms with Crippen molar-refractivity contribution in [2.75, 3.05) is 24.7 Å². The number of anilines is 1. The predicted molar refractivity (Wildman–Crippen MR) is 108 cm³/mol. The molecule has 0 unspecified atom stereocenters. The van der Waals surface area contributed by atoms with Crippen molar-refractivity contribution in [3.05, 3.63) is 51.0 Å². The van der Waals surface area contributed by atoms with Gasteiger partial charge < -0.3 is 10.6 Å². The van der Waals surface area contributed by atoms with Gasteiger partial charge in [0.05, 0.1) is 16.8 Å². The number of fused-ring (bicyclic) bond motifs is 1.